The van der Waals surface area contributed by atoms with Gasteiger partial charge in [-0.05, 0) is 18.2 Å². The molecule has 1 fully saturated rings. The van der Waals surface area contributed by atoms with E-state index in [1.807, 2.05) is 48.5 Å². The Kier molecular flexibility index (Phi) is 6.52. The van der Waals surface area contributed by atoms with Crippen LogP contribution in [0.5, 0.6) is 5.75 Å². The molecule has 2 aromatic rings. The zero-order chi connectivity index (χ0) is 20.9. The highest BCUT2D eigenvalue weighted by Gasteiger charge is 2.40. The third-order valence-corrected chi connectivity index (χ3v) is 6.30. The summed E-state index contributed by atoms with van der Waals surface area (Å²) in [5, 5.41) is 0. The topological polar surface area (TPSA) is 59.1 Å². The molecule has 6 nitrogen and oxygen atoms in total. The van der Waals surface area contributed by atoms with Gasteiger partial charge in [-0.15, -0.1) is 0 Å². The van der Waals surface area contributed by atoms with Gasteiger partial charge in [-0.25, -0.2) is 0 Å². The van der Waals surface area contributed by atoms with Crippen molar-refractivity contribution in [2.24, 2.45) is 0 Å². The van der Waals surface area contributed by atoms with E-state index >= 15 is 0 Å². The van der Waals surface area contributed by atoms with E-state index in [9.17, 15) is 9.59 Å². The van der Waals surface area contributed by atoms with E-state index in [1.54, 1.807) is 13.2 Å². The Labute approximate surface area is 180 Å². The summed E-state index contributed by atoms with van der Waals surface area (Å²) in [5.74, 6) is 0.0639. The van der Waals surface area contributed by atoms with Gasteiger partial charge in [0.15, 0.2) is 0 Å². The zero-order valence-corrected chi connectivity index (χ0v) is 17.7. The number of para-hydroxylation sites is 1. The molecule has 156 valence electrons. The number of amides is 2. The van der Waals surface area contributed by atoms with Crippen LogP contribution >= 0.6 is 11.8 Å². The SMILES string of the molecule is COc1ccccc1C1=C(Sc2ccccc2)C(=O)N(CCN2CCOCC2)C1=O. The predicted octanol–water partition coefficient (Wildman–Crippen LogP) is 2.90. The number of hydrogen-bond acceptors (Lipinski definition) is 6. The fraction of sp³-hybridized carbons (Fsp3) is 0.304. The maximum absolute atomic E-state index is 13.4. The minimum atomic E-state index is -0.267. The Morgan fingerprint density at radius 1 is 0.933 bits per heavy atom. The lowest BCUT2D eigenvalue weighted by atomic mass is 10.1. The number of nitrogens with zero attached hydrogens (tertiary/aromatic N) is 2. The summed E-state index contributed by atoms with van der Waals surface area (Å²) < 4.78 is 10.9. The largest absolute Gasteiger partial charge is 0.496 e. The number of carbonyl (C=O) groups excluding carboxylic acids is 2. The normalized spacial score (nSPS) is 17.7. The van der Waals surface area contributed by atoms with E-state index in [0.29, 0.717) is 48.1 Å². The average Bonchev–Trinajstić information content (AvgIpc) is 3.02. The van der Waals surface area contributed by atoms with Crippen LogP contribution in [0.2, 0.25) is 0 Å². The number of imide groups is 1. The Morgan fingerprint density at radius 3 is 2.37 bits per heavy atom. The second-order valence-corrected chi connectivity index (χ2v) is 8.12. The highest BCUT2D eigenvalue weighted by molar-refractivity contribution is 8.04. The maximum Gasteiger partial charge on any atom is 0.268 e. The van der Waals surface area contributed by atoms with Crippen molar-refractivity contribution in [2.75, 3.05) is 46.5 Å². The van der Waals surface area contributed by atoms with Crippen LogP contribution in [0.1, 0.15) is 5.56 Å². The van der Waals surface area contributed by atoms with Crippen LogP contribution in [-0.4, -0.2) is 68.1 Å². The molecule has 7 heteroatoms. The zero-order valence-electron chi connectivity index (χ0n) is 16.9. The first-order valence-corrected chi connectivity index (χ1v) is 10.8. The molecular formula is C23H24N2O4S. The van der Waals surface area contributed by atoms with Gasteiger partial charge in [0, 0.05) is 36.6 Å². The van der Waals surface area contributed by atoms with Crippen molar-refractivity contribution in [1.29, 1.82) is 0 Å². The van der Waals surface area contributed by atoms with E-state index in [0.717, 1.165) is 18.0 Å². The van der Waals surface area contributed by atoms with Crippen LogP contribution in [0.15, 0.2) is 64.4 Å². The lowest BCUT2D eigenvalue weighted by Gasteiger charge is -2.28. The fourth-order valence-electron chi connectivity index (χ4n) is 3.61. The lowest BCUT2D eigenvalue weighted by Crippen LogP contribution is -2.43. The molecule has 2 amide bonds. The van der Waals surface area contributed by atoms with E-state index in [-0.39, 0.29) is 11.8 Å². The molecule has 0 saturated carbocycles. The first kappa shape index (κ1) is 20.7. The smallest absolute Gasteiger partial charge is 0.268 e. The van der Waals surface area contributed by atoms with E-state index in [1.165, 1.54) is 16.7 Å². The van der Waals surface area contributed by atoms with Crippen LogP contribution < -0.4 is 4.74 Å². The Balaban J connectivity index is 1.65. The second-order valence-electron chi connectivity index (χ2n) is 7.04. The summed E-state index contributed by atoms with van der Waals surface area (Å²) in [6, 6.07) is 17.0. The number of methoxy groups -OCH3 is 1. The summed E-state index contributed by atoms with van der Waals surface area (Å²) in [7, 11) is 1.57. The highest BCUT2D eigenvalue weighted by Crippen LogP contribution is 2.41. The van der Waals surface area contributed by atoms with Crippen molar-refractivity contribution in [3.8, 4) is 5.75 Å². The van der Waals surface area contributed by atoms with Gasteiger partial charge in [0.2, 0.25) is 0 Å². The summed E-state index contributed by atoms with van der Waals surface area (Å²) in [5.41, 5.74) is 1.05. The molecule has 0 spiro atoms. The minimum absolute atomic E-state index is 0.247. The first-order valence-electron chi connectivity index (χ1n) is 9.96. The minimum Gasteiger partial charge on any atom is -0.496 e. The van der Waals surface area contributed by atoms with Crippen LogP contribution in [0.25, 0.3) is 5.57 Å². The van der Waals surface area contributed by atoms with Crippen LogP contribution in [0.3, 0.4) is 0 Å². The van der Waals surface area contributed by atoms with Gasteiger partial charge >= 0.3 is 0 Å². The summed E-state index contributed by atoms with van der Waals surface area (Å²) in [6.45, 7) is 3.99. The lowest BCUT2D eigenvalue weighted by molar-refractivity contribution is -0.136. The van der Waals surface area contributed by atoms with Crippen molar-refractivity contribution < 1.29 is 19.1 Å². The molecule has 2 aliphatic rings. The maximum atomic E-state index is 13.4. The van der Waals surface area contributed by atoms with Gasteiger partial charge < -0.3 is 9.47 Å². The van der Waals surface area contributed by atoms with Crippen molar-refractivity contribution in [3.05, 3.63) is 65.1 Å². The number of morpholine rings is 1. The molecule has 0 aliphatic carbocycles. The number of benzene rings is 2. The van der Waals surface area contributed by atoms with Gasteiger partial charge in [-0.3, -0.25) is 19.4 Å². The molecule has 2 aromatic carbocycles. The van der Waals surface area contributed by atoms with Crippen molar-refractivity contribution in [1.82, 2.24) is 9.80 Å². The Bertz CT molecular complexity index is 955. The molecule has 0 radical (unpaired) electrons. The number of hydrogen-bond donors (Lipinski definition) is 0. The number of thioether (sulfide) groups is 1. The number of carbonyl (C=O) groups is 2. The summed E-state index contributed by atoms with van der Waals surface area (Å²) in [4.78, 5) is 31.6. The molecule has 0 unspecified atom stereocenters. The Hall–Kier alpha value is -2.61. The third kappa shape index (κ3) is 4.28. The van der Waals surface area contributed by atoms with Gasteiger partial charge in [-0.2, -0.15) is 0 Å². The third-order valence-electron chi connectivity index (χ3n) is 5.21. The molecule has 0 atom stereocenters. The van der Waals surface area contributed by atoms with Crippen molar-refractivity contribution in [3.63, 3.8) is 0 Å². The Morgan fingerprint density at radius 2 is 1.63 bits per heavy atom. The molecule has 0 aromatic heterocycles. The molecule has 2 aliphatic heterocycles. The van der Waals surface area contributed by atoms with Gasteiger partial charge in [0.1, 0.15) is 5.75 Å². The summed E-state index contributed by atoms with van der Waals surface area (Å²) in [6.07, 6.45) is 0. The van der Waals surface area contributed by atoms with Crippen molar-refractivity contribution >= 4 is 29.1 Å². The molecule has 30 heavy (non-hydrogen) atoms. The monoisotopic (exact) mass is 424 g/mol. The molecule has 0 N–H and O–H groups in total. The van der Waals surface area contributed by atoms with E-state index in [2.05, 4.69) is 4.90 Å². The number of rotatable bonds is 7. The predicted molar refractivity (Wildman–Crippen MR) is 116 cm³/mol. The molecule has 2 heterocycles. The van der Waals surface area contributed by atoms with Gasteiger partial charge in [0.25, 0.3) is 11.8 Å². The fourth-order valence-corrected chi connectivity index (χ4v) is 4.64. The van der Waals surface area contributed by atoms with E-state index < -0.39 is 0 Å². The second kappa shape index (κ2) is 9.47. The van der Waals surface area contributed by atoms with Crippen LogP contribution in [0, 0.1) is 0 Å². The first-order chi connectivity index (χ1) is 14.7. The molecule has 1 saturated heterocycles. The van der Waals surface area contributed by atoms with Gasteiger partial charge in [0.05, 0.1) is 30.8 Å². The molecular weight excluding hydrogens is 400 g/mol. The van der Waals surface area contributed by atoms with Gasteiger partial charge in [-0.1, -0.05) is 48.2 Å². The van der Waals surface area contributed by atoms with Crippen LogP contribution in [0.4, 0.5) is 0 Å². The summed E-state index contributed by atoms with van der Waals surface area (Å²) >= 11 is 1.33. The van der Waals surface area contributed by atoms with Crippen LogP contribution in [-0.2, 0) is 14.3 Å². The van der Waals surface area contributed by atoms with Crippen molar-refractivity contribution in [2.45, 2.75) is 4.90 Å². The average molecular weight is 425 g/mol. The quantitative estimate of drug-likeness (QED) is 0.637. The molecule has 4 rings (SSSR count). The standard InChI is InChI=1S/C23H24N2O4S/c1-28-19-10-6-5-9-18(19)20-21(30-17-7-3-2-4-8-17)23(27)25(22(20)26)12-11-24-13-15-29-16-14-24/h2-10H,11-16H2,1H3. The molecule has 0 bridgehead atoms. The highest BCUT2D eigenvalue weighted by atomic mass is 32.2. The van der Waals surface area contributed by atoms with E-state index in [4.69, 9.17) is 9.47 Å². The number of ether oxygens (including phenoxy) is 2.